The Labute approximate surface area is 102 Å². The van der Waals surface area contributed by atoms with Crippen LogP contribution in [-0.2, 0) is 15.0 Å². The van der Waals surface area contributed by atoms with Gasteiger partial charge in [0.05, 0.1) is 0 Å². The molecule has 1 amide bonds. The summed E-state index contributed by atoms with van der Waals surface area (Å²) in [4.78, 5) is 23.9. The third kappa shape index (κ3) is 2.37. The minimum atomic E-state index is -4.76. The number of nitrogen functional groups attached to an aromatic ring is 1. The van der Waals surface area contributed by atoms with Gasteiger partial charge in [0.2, 0.25) is 17.8 Å². The Bertz CT molecular complexity index is 585. The molecule has 1 aromatic heterocycles. The van der Waals surface area contributed by atoms with Crippen molar-refractivity contribution in [2.75, 3.05) is 17.2 Å². The molecular weight excluding hydrogens is 265 g/mol. The second-order valence-corrected chi connectivity index (χ2v) is 5.46. The van der Waals surface area contributed by atoms with Crippen molar-refractivity contribution < 1.29 is 17.1 Å². The molecule has 2 N–H and O–H groups in total. The first kappa shape index (κ1) is 12.6. The number of anilines is 2. The van der Waals surface area contributed by atoms with Crippen LogP contribution in [0.1, 0.15) is 12.2 Å². The molecule has 0 saturated carbocycles. The van der Waals surface area contributed by atoms with E-state index in [1.54, 1.807) is 6.92 Å². The van der Waals surface area contributed by atoms with Crippen LogP contribution in [0.5, 0.6) is 0 Å². The quantitative estimate of drug-likeness (QED) is 0.699. The molecule has 1 fully saturated rings. The molecule has 98 valence electrons. The number of aryl methyl sites for hydroxylation is 1. The monoisotopic (exact) mass is 275 g/mol. The Kier molecular flexibility index (Phi) is 2.89. The largest absolute Gasteiger partial charge is 0.368 e. The van der Waals surface area contributed by atoms with Gasteiger partial charge in [-0.1, -0.05) is 0 Å². The van der Waals surface area contributed by atoms with E-state index in [2.05, 4.69) is 15.0 Å². The maximum Gasteiger partial charge on any atom is 0.307 e. The molecule has 0 aromatic carbocycles. The summed E-state index contributed by atoms with van der Waals surface area (Å²) in [5, 5.41) is -1.39. The number of carbonyl (C=O) groups excluding carboxylic acids is 1. The van der Waals surface area contributed by atoms with Gasteiger partial charge in [-0.3, -0.25) is 9.69 Å². The van der Waals surface area contributed by atoms with Crippen molar-refractivity contribution in [2.45, 2.75) is 18.6 Å². The van der Waals surface area contributed by atoms with E-state index in [-0.39, 0.29) is 24.3 Å². The second kappa shape index (κ2) is 4.12. The van der Waals surface area contributed by atoms with Crippen LogP contribution in [0, 0.1) is 6.92 Å². The Morgan fingerprint density at radius 3 is 2.56 bits per heavy atom. The minimum Gasteiger partial charge on any atom is -0.368 e. The lowest BCUT2D eigenvalue weighted by atomic mass is 10.4. The summed E-state index contributed by atoms with van der Waals surface area (Å²) in [6, 6.07) is 0. The van der Waals surface area contributed by atoms with Gasteiger partial charge < -0.3 is 5.73 Å². The van der Waals surface area contributed by atoms with Gasteiger partial charge in [0, 0.05) is 13.0 Å². The van der Waals surface area contributed by atoms with Crippen LogP contribution >= 0.6 is 0 Å². The Morgan fingerprint density at radius 2 is 2.06 bits per heavy atom. The second-order valence-electron chi connectivity index (χ2n) is 3.85. The third-order valence-corrected chi connectivity index (χ3v) is 3.59. The van der Waals surface area contributed by atoms with Gasteiger partial charge >= 0.3 is 10.2 Å². The predicted molar refractivity (Wildman–Crippen MR) is 59.8 cm³/mol. The van der Waals surface area contributed by atoms with Crippen LogP contribution in [0.25, 0.3) is 0 Å². The van der Waals surface area contributed by atoms with Gasteiger partial charge in [-0.25, -0.2) is 0 Å². The number of halogens is 1. The Balaban J connectivity index is 2.32. The van der Waals surface area contributed by atoms with Crippen molar-refractivity contribution >= 4 is 28.0 Å². The highest BCUT2D eigenvalue weighted by Crippen LogP contribution is 2.23. The van der Waals surface area contributed by atoms with E-state index in [4.69, 9.17) is 5.73 Å². The van der Waals surface area contributed by atoms with Crippen molar-refractivity contribution in [3.63, 3.8) is 0 Å². The van der Waals surface area contributed by atoms with Crippen LogP contribution < -0.4 is 10.6 Å². The maximum atomic E-state index is 12.8. The number of amides is 1. The van der Waals surface area contributed by atoms with Crippen molar-refractivity contribution in [3.05, 3.63) is 5.82 Å². The summed E-state index contributed by atoms with van der Waals surface area (Å²) in [5.74, 6) is -0.420. The number of carbonyl (C=O) groups is 1. The molecule has 1 aromatic rings. The van der Waals surface area contributed by atoms with E-state index in [1.807, 2.05) is 0 Å². The van der Waals surface area contributed by atoms with E-state index in [0.717, 1.165) is 4.90 Å². The molecule has 1 saturated heterocycles. The van der Waals surface area contributed by atoms with Crippen LogP contribution in [0.4, 0.5) is 15.8 Å². The average Bonchev–Trinajstić information content (AvgIpc) is 2.58. The van der Waals surface area contributed by atoms with Crippen molar-refractivity contribution in [3.8, 4) is 0 Å². The van der Waals surface area contributed by atoms with Crippen molar-refractivity contribution in [1.29, 1.82) is 0 Å². The van der Waals surface area contributed by atoms with E-state index in [0.29, 0.717) is 0 Å². The topological polar surface area (TPSA) is 119 Å². The van der Waals surface area contributed by atoms with E-state index in [9.17, 15) is 17.1 Å². The van der Waals surface area contributed by atoms with E-state index in [1.165, 1.54) is 0 Å². The molecule has 0 spiro atoms. The number of nitrogens with two attached hydrogens (primary N) is 1. The van der Waals surface area contributed by atoms with Gasteiger partial charge in [0.1, 0.15) is 11.1 Å². The smallest absolute Gasteiger partial charge is 0.307 e. The van der Waals surface area contributed by atoms with E-state index < -0.39 is 27.8 Å². The lowest BCUT2D eigenvalue weighted by Crippen LogP contribution is -2.29. The fraction of sp³-hybridized carbons (Fsp3) is 0.500. The molecule has 1 aliphatic heterocycles. The van der Waals surface area contributed by atoms with Gasteiger partial charge in [-0.05, 0) is 6.92 Å². The minimum absolute atomic E-state index is 0.0591. The lowest BCUT2D eigenvalue weighted by molar-refractivity contribution is -0.117. The Hall–Kier alpha value is -1.84. The first-order valence-corrected chi connectivity index (χ1v) is 6.44. The molecule has 0 radical (unpaired) electrons. The van der Waals surface area contributed by atoms with Gasteiger partial charge in [0.25, 0.3) is 0 Å². The van der Waals surface area contributed by atoms with Gasteiger partial charge in [0.15, 0.2) is 0 Å². The molecule has 1 unspecified atom stereocenters. The van der Waals surface area contributed by atoms with Gasteiger partial charge in [-0.15, -0.1) is 3.89 Å². The predicted octanol–water partition coefficient (Wildman–Crippen LogP) is -0.833. The number of rotatable bonds is 2. The number of hydrogen-bond acceptors (Lipinski definition) is 7. The fourth-order valence-corrected chi connectivity index (χ4v) is 2.33. The molecule has 18 heavy (non-hydrogen) atoms. The van der Waals surface area contributed by atoms with Crippen molar-refractivity contribution in [2.24, 2.45) is 0 Å². The highest BCUT2D eigenvalue weighted by molar-refractivity contribution is 7.87. The molecule has 0 aliphatic carbocycles. The first-order chi connectivity index (χ1) is 8.27. The summed E-state index contributed by atoms with van der Waals surface area (Å²) in [6.07, 6.45) is -0.427. The SMILES string of the molecule is Cc1nc(N)nc(N2CC(S(=O)(=O)F)CC2=O)n1. The van der Waals surface area contributed by atoms with E-state index >= 15 is 0 Å². The molecule has 2 heterocycles. The first-order valence-electron chi connectivity index (χ1n) is 4.99. The van der Waals surface area contributed by atoms with Crippen LogP contribution in [0.3, 0.4) is 0 Å². The molecule has 0 bridgehead atoms. The maximum absolute atomic E-state index is 12.8. The summed E-state index contributed by atoms with van der Waals surface area (Å²) in [6.45, 7) is 1.23. The molecule has 8 nitrogen and oxygen atoms in total. The third-order valence-electron chi connectivity index (χ3n) is 2.48. The highest BCUT2D eigenvalue weighted by atomic mass is 32.3. The number of aromatic nitrogens is 3. The average molecular weight is 275 g/mol. The zero-order chi connectivity index (χ0) is 13.5. The summed E-state index contributed by atoms with van der Waals surface area (Å²) in [7, 11) is -4.76. The molecule has 10 heteroatoms. The standard InChI is InChI=1S/C8H10FN5O3S/c1-4-11-7(10)13-8(12-4)14-3-5(2-6(14)15)18(9,16)17/h5H,2-3H2,1H3,(H2,10,11,12,13). The normalized spacial score (nSPS) is 20.4. The van der Waals surface area contributed by atoms with Crippen LogP contribution in [0.2, 0.25) is 0 Å². The fourth-order valence-electron chi connectivity index (χ4n) is 1.67. The number of nitrogens with zero attached hydrogens (tertiary/aromatic N) is 4. The zero-order valence-electron chi connectivity index (χ0n) is 9.37. The molecular formula is C8H10FN5O3S. The molecule has 1 aliphatic rings. The number of hydrogen-bond donors (Lipinski definition) is 1. The zero-order valence-corrected chi connectivity index (χ0v) is 10.2. The Morgan fingerprint density at radius 1 is 1.39 bits per heavy atom. The van der Waals surface area contributed by atoms with Crippen LogP contribution in [0.15, 0.2) is 0 Å². The van der Waals surface area contributed by atoms with Crippen molar-refractivity contribution in [1.82, 2.24) is 15.0 Å². The molecule has 1 atom stereocenters. The lowest BCUT2D eigenvalue weighted by Gasteiger charge is -2.13. The summed E-state index contributed by atoms with van der Waals surface area (Å²) < 4.78 is 34.4. The summed E-state index contributed by atoms with van der Waals surface area (Å²) >= 11 is 0. The molecule has 2 rings (SSSR count). The van der Waals surface area contributed by atoms with Gasteiger partial charge in [-0.2, -0.15) is 23.4 Å². The van der Waals surface area contributed by atoms with Crippen LogP contribution in [-0.4, -0.2) is 41.1 Å². The summed E-state index contributed by atoms with van der Waals surface area (Å²) in [5.41, 5.74) is 5.40. The highest BCUT2D eigenvalue weighted by Gasteiger charge is 2.40.